The Kier molecular flexibility index (Phi) is 5.75. The molecule has 3 aromatic rings. The first-order chi connectivity index (χ1) is 14.6. The standard InChI is InChI=1S/C24H29N3O3S/c1-17-5-7-18(8-6-17)22-25-26-23(30-22)19-13-15-27(16-14-19)31(28,29)21-11-9-20(10-12-21)24(2,3)4/h5-12,19H,13-16H2,1-4H3. The van der Waals surface area contributed by atoms with Gasteiger partial charge in [0, 0.05) is 24.6 Å². The van der Waals surface area contributed by atoms with Crippen LogP contribution in [0.15, 0.2) is 57.8 Å². The molecule has 164 valence electrons. The van der Waals surface area contributed by atoms with Gasteiger partial charge in [-0.2, -0.15) is 4.31 Å². The molecule has 0 unspecified atom stereocenters. The number of rotatable bonds is 4. The van der Waals surface area contributed by atoms with E-state index in [2.05, 4.69) is 31.0 Å². The van der Waals surface area contributed by atoms with E-state index in [9.17, 15) is 8.42 Å². The van der Waals surface area contributed by atoms with Crippen molar-refractivity contribution in [3.05, 3.63) is 65.5 Å². The van der Waals surface area contributed by atoms with Gasteiger partial charge in [0.25, 0.3) is 0 Å². The summed E-state index contributed by atoms with van der Waals surface area (Å²) in [6, 6.07) is 15.2. The second kappa shape index (κ2) is 8.20. The van der Waals surface area contributed by atoms with E-state index in [-0.39, 0.29) is 11.3 Å². The molecule has 1 aliphatic rings. The van der Waals surface area contributed by atoms with E-state index >= 15 is 0 Å². The van der Waals surface area contributed by atoms with Crippen LogP contribution in [0.2, 0.25) is 0 Å². The zero-order valence-electron chi connectivity index (χ0n) is 18.5. The molecule has 2 heterocycles. The maximum absolute atomic E-state index is 13.1. The Morgan fingerprint density at radius 3 is 2.13 bits per heavy atom. The van der Waals surface area contributed by atoms with Crippen LogP contribution >= 0.6 is 0 Å². The molecule has 2 aromatic carbocycles. The van der Waals surface area contributed by atoms with Gasteiger partial charge in [-0.25, -0.2) is 8.42 Å². The molecule has 0 bridgehead atoms. The van der Waals surface area contributed by atoms with Crippen LogP contribution in [0, 0.1) is 6.92 Å². The summed E-state index contributed by atoms with van der Waals surface area (Å²) in [5.41, 5.74) is 3.17. The molecule has 1 fully saturated rings. The minimum atomic E-state index is -3.51. The third-order valence-electron chi connectivity index (χ3n) is 5.90. The van der Waals surface area contributed by atoms with Gasteiger partial charge >= 0.3 is 0 Å². The topological polar surface area (TPSA) is 76.3 Å². The third kappa shape index (κ3) is 4.57. The monoisotopic (exact) mass is 439 g/mol. The van der Waals surface area contributed by atoms with Crippen LogP contribution in [0.3, 0.4) is 0 Å². The normalized spacial score (nSPS) is 16.5. The van der Waals surface area contributed by atoms with Gasteiger partial charge in [-0.05, 0) is 55.0 Å². The van der Waals surface area contributed by atoms with Gasteiger partial charge < -0.3 is 4.42 Å². The predicted molar refractivity (Wildman–Crippen MR) is 120 cm³/mol. The molecule has 1 aliphatic heterocycles. The van der Waals surface area contributed by atoms with Crippen molar-refractivity contribution in [1.82, 2.24) is 14.5 Å². The average Bonchev–Trinajstić information content (AvgIpc) is 3.24. The molecule has 0 spiro atoms. The van der Waals surface area contributed by atoms with Gasteiger partial charge in [0.15, 0.2) is 0 Å². The van der Waals surface area contributed by atoms with Crippen molar-refractivity contribution in [2.24, 2.45) is 0 Å². The lowest BCUT2D eigenvalue weighted by molar-refractivity contribution is 0.291. The van der Waals surface area contributed by atoms with Crippen LogP contribution in [0.1, 0.15) is 56.5 Å². The number of nitrogens with zero attached hydrogens (tertiary/aromatic N) is 3. The zero-order chi connectivity index (χ0) is 22.2. The first-order valence-corrected chi connectivity index (χ1v) is 12.1. The van der Waals surface area contributed by atoms with Crippen molar-refractivity contribution in [2.45, 2.75) is 56.8 Å². The van der Waals surface area contributed by atoms with E-state index in [1.165, 1.54) is 5.56 Å². The van der Waals surface area contributed by atoms with Crippen molar-refractivity contribution in [2.75, 3.05) is 13.1 Å². The molecule has 4 rings (SSSR count). The summed E-state index contributed by atoms with van der Waals surface area (Å²) in [6.07, 6.45) is 1.32. The highest BCUT2D eigenvalue weighted by atomic mass is 32.2. The molecule has 0 radical (unpaired) electrons. The second-order valence-electron chi connectivity index (χ2n) is 9.26. The minimum absolute atomic E-state index is 0.0118. The van der Waals surface area contributed by atoms with E-state index < -0.39 is 10.0 Å². The molecular formula is C24H29N3O3S. The Morgan fingerprint density at radius 1 is 0.935 bits per heavy atom. The van der Waals surface area contributed by atoms with Crippen LogP contribution < -0.4 is 0 Å². The summed E-state index contributed by atoms with van der Waals surface area (Å²) in [7, 11) is -3.51. The molecule has 1 aromatic heterocycles. The summed E-state index contributed by atoms with van der Waals surface area (Å²) >= 11 is 0. The van der Waals surface area contributed by atoms with Crippen molar-refractivity contribution >= 4 is 10.0 Å². The van der Waals surface area contributed by atoms with Crippen molar-refractivity contribution < 1.29 is 12.8 Å². The van der Waals surface area contributed by atoms with Gasteiger partial charge in [0.1, 0.15) is 0 Å². The van der Waals surface area contributed by atoms with Crippen LogP contribution in [0.4, 0.5) is 0 Å². The highest BCUT2D eigenvalue weighted by Gasteiger charge is 2.32. The maximum Gasteiger partial charge on any atom is 0.247 e. The van der Waals surface area contributed by atoms with Crippen molar-refractivity contribution in [1.29, 1.82) is 0 Å². The molecule has 6 nitrogen and oxygen atoms in total. The van der Waals surface area contributed by atoms with Gasteiger partial charge in [-0.3, -0.25) is 0 Å². The third-order valence-corrected chi connectivity index (χ3v) is 7.81. The van der Waals surface area contributed by atoms with Crippen LogP contribution in [0.5, 0.6) is 0 Å². The first kappa shape index (κ1) is 21.7. The number of benzene rings is 2. The van der Waals surface area contributed by atoms with E-state index in [0.717, 1.165) is 11.1 Å². The Balaban J connectivity index is 1.43. The van der Waals surface area contributed by atoms with Crippen LogP contribution in [0.25, 0.3) is 11.5 Å². The van der Waals surface area contributed by atoms with E-state index in [4.69, 9.17) is 4.42 Å². The number of aromatic nitrogens is 2. The van der Waals surface area contributed by atoms with E-state index in [1.54, 1.807) is 16.4 Å². The van der Waals surface area contributed by atoms with Gasteiger partial charge in [0.2, 0.25) is 21.8 Å². The molecular weight excluding hydrogens is 410 g/mol. The number of aryl methyl sites for hydroxylation is 1. The van der Waals surface area contributed by atoms with Crippen LogP contribution in [-0.2, 0) is 15.4 Å². The first-order valence-electron chi connectivity index (χ1n) is 10.7. The molecule has 0 atom stereocenters. The van der Waals surface area contributed by atoms with E-state index in [0.29, 0.717) is 42.6 Å². The number of sulfonamides is 1. The number of hydrogen-bond donors (Lipinski definition) is 0. The Labute approximate surface area is 184 Å². The van der Waals surface area contributed by atoms with Gasteiger partial charge in [0.05, 0.1) is 4.90 Å². The van der Waals surface area contributed by atoms with E-state index in [1.807, 2.05) is 43.3 Å². The highest BCUT2D eigenvalue weighted by molar-refractivity contribution is 7.89. The quantitative estimate of drug-likeness (QED) is 0.577. The summed E-state index contributed by atoms with van der Waals surface area (Å²) in [4.78, 5) is 0.346. The summed E-state index contributed by atoms with van der Waals surface area (Å²) < 4.78 is 33.6. The largest absolute Gasteiger partial charge is 0.420 e. The Bertz CT molecular complexity index is 1140. The predicted octanol–water partition coefficient (Wildman–Crippen LogP) is 4.91. The SMILES string of the molecule is Cc1ccc(-c2nnc(C3CCN(S(=O)(=O)c4ccc(C(C)(C)C)cc4)CC3)o2)cc1. The van der Waals surface area contributed by atoms with Crippen molar-refractivity contribution in [3.63, 3.8) is 0 Å². The molecule has 0 aliphatic carbocycles. The fourth-order valence-electron chi connectivity index (χ4n) is 3.83. The molecule has 1 saturated heterocycles. The molecule has 31 heavy (non-hydrogen) atoms. The Morgan fingerprint density at radius 2 is 1.55 bits per heavy atom. The van der Waals surface area contributed by atoms with Crippen molar-refractivity contribution in [3.8, 4) is 11.5 Å². The lowest BCUT2D eigenvalue weighted by atomic mass is 9.87. The summed E-state index contributed by atoms with van der Waals surface area (Å²) in [5.74, 6) is 1.16. The average molecular weight is 440 g/mol. The molecule has 0 amide bonds. The minimum Gasteiger partial charge on any atom is -0.420 e. The maximum atomic E-state index is 13.1. The molecule has 7 heteroatoms. The van der Waals surface area contributed by atoms with Gasteiger partial charge in [-0.1, -0.05) is 50.6 Å². The van der Waals surface area contributed by atoms with Crippen LogP contribution in [-0.4, -0.2) is 36.0 Å². The lowest BCUT2D eigenvalue weighted by Gasteiger charge is -2.29. The lowest BCUT2D eigenvalue weighted by Crippen LogP contribution is -2.38. The summed E-state index contributed by atoms with van der Waals surface area (Å²) in [6.45, 7) is 9.26. The number of hydrogen-bond acceptors (Lipinski definition) is 5. The smallest absolute Gasteiger partial charge is 0.247 e. The highest BCUT2D eigenvalue weighted by Crippen LogP contribution is 2.32. The summed E-state index contributed by atoms with van der Waals surface area (Å²) in [5, 5.41) is 8.42. The Hall–Kier alpha value is -2.51. The second-order valence-corrected chi connectivity index (χ2v) is 11.2. The molecule has 0 saturated carbocycles. The van der Waals surface area contributed by atoms with Gasteiger partial charge in [-0.15, -0.1) is 10.2 Å². The fourth-order valence-corrected chi connectivity index (χ4v) is 5.30. The molecule has 0 N–H and O–H groups in total. The number of piperidine rings is 1. The zero-order valence-corrected chi connectivity index (χ0v) is 19.3. The fraction of sp³-hybridized carbons (Fsp3) is 0.417.